The van der Waals surface area contributed by atoms with Crippen molar-refractivity contribution in [2.24, 2.45) is 34.1 Å². The number of amidine groups is 1. The van der Waals surface area contributed by atoms with E-state index in [2.05, 4.69) is 43.0 Å². The van der Waals surface area contributed by atoms with Crippen LogP contribution in [0.5, 0.6) is 5.75 Å². The second kappa shape index (κ2) is 9.93. The number of nitrogens with one attached hydrogen (secondary N) is 1. The number of hydrogen-bond donors (Lipinski definition) is 2. The van der Waals surface area contributed by atoms with Crippen LogP contribution in [-0.2, 0) is 11.2 Å². The number of fused-ring (bicyclic) bond motifs is 5. The molecule has 2 saturated carbocycles. The van der Waals surface area contributed by atoms with Gasteiger partial charge in [0.2, 0.25) is 0 Å². The van der Waals surface area contributed by atoms with Crippen molar-refractivity contribution in [3.8, 4) is 5.75 Å². The van der Waals surface area contributed by atoms with Gasteiger partial charge in [-0.25, -0.2) is 4.99 Å². The molecule has 0 bridgehead atoms. The summed E-state index contributed by atoms with van der Waals surface area (Å²) in [6.45, 7) is 7.01. The van der Waals surface area contributed by atoms with E-state index in [0.717, 1.165) is 23.5 Å². The first kappa shape index (κ1) is 26.6. The highest BCUT2D eigenvalue weighted by atomic mass is 19.4. The largest absolute Gasteiger partial charge is 0.573 e. The van der Waals surface area contributed by atoms with Crippen LogP contribution >= 0.6 is 0 Å². The molecule has 5 rings (SSSR count). The van der Waals surface area contributed by atoms with Crippen molar-refractivity contribution in [2.75, 3.05) is 5.32 Å². The topological polar surface area (TPSA) is 70.9 Å². The first-order chi connectivity index (χ1) is 18.0. The van der Waals surface area contributed by atoms with Crippen LogP contribution in [0.4, 0.5) is 24.5 Å². The van der Waals surface area contributed by atoms with Crippen molar-refractivity contribution < 1.29 is 27.8 Å². The van der Waals surface area contributed by atoms with Crippen molar-refractivity contribution in [1.82, 2.24) is 0 Å². The Morgan fingerprint density at radius 1 is 1.18 bits per heavy atom. The summed E-state index contributed by atoms with van der Waals surface area (Å²) in [5.74, 6) is 2.36. The zero-order valence-corrected chi connectivity index (χ0v) is 22.0. The van der Waals surface area contributed by atoms with Gasteiger partial charge in [-0.3, -0.25) is 4.79 Å². The first-order valence-corrected chi connectivity index (χ1v) is 13.5. The predicted molar refractivity (Wildman–Crippen MR) is 141 cm³/mol. The van der Waals surface area contributed by atoms with Crippen molar-refractivity contribution >= 4 is 23.2 Å². The van der Waals surface area contributed by atoms with E-state index in [4.69, 9.17) is 10.1 Å². The number of benzene rings is 2. The number of nitrogens with zero attached hydrogens (tertiary/aromatic N) is 1. The number of hydrogen-bond acceptors (Lipinski definition) is 4. The Hall–Kier alpha value is -3.03. The Labute approximate surface area is 221 Å². The van der Waals surface area contributed by atoms with Gasteiger partial charge in [0.1, 0.15) is 11.6 Å². The number of aliphatic imine (C=N–C) groups is 1. The SMILES string of the molecule is CC(C)[C@@H]1CC[C@@H](C)C[C@@]12C1CC(Nc3ccc(OC(F)(F)F)cc3)=Nc3cc(CCC(=O)O)ccc3[C@H]12. The summed E-state index contributed by atoms with van der Waals surface area (Å²) in [7, 11) is 0. The van der Waals surface area contributed by atoms with E-state index in [1.807, 2.05) is 6.07 Å². The predicted octanol–water partition coefficient (Wildman–Crippen LogP) is 7.94. The van der Waals surface area contributed by atoms with Gasteiger partial charge in [0.15, 0.2) is 0 Å². The number of ether oxygens (including phenoxy) is 1. The molecule has 2 aromatic rings. The van der Waals surface area contributed by atoms with Crippen LogP contribution in [0.15, 0.2) is 47.5 Å². The third-order valence-electron chi connectivity index (χ3n) is 8.83. The molecule has 8 heteroatoms. The molecule has 5 atom stereocenters. The Balaban J connectivity index is 1.48. The van der Waals surface area contributed by atoms with Gasteiger partial charge in [0.25, 0.3) is 0 Å². The smallest absolute Gasteiger partial charge is 0.481 e. The lowest BCUT2D eigenvalue weighted by Crippen LogP contribution is -2.32. The van der Waals surface area contributed by atoms with Crippen molar-refractivity contribution in [1.29, 1.82) is 0 Å². The summed E-state index contributed by atoms with van der Waals surface area (Å²) in [4.78, 5) is 16.2. The minimum atomic E-state index is -4.73. The molecule has 1 heterocycles. The Morgan fingerprint density at radius 3 is 2.58 bits per heavy atom. The molecule has 5 nitrogen and oxygen atoms in total. The molecule has 2 N–H and O–H groups in total. The maximum absolute atomic E-state index is 12.6. The molecule has 204 valence electrons. The molecule has 0 amide bonds. The van der Waals surface area contributed by atoms with E-state index < -0.39 is 12.3 Å². The van der Waals surface area contributed by atoms with Crippen molar-refractivity contribution in [3.63, 3.8) is 0 Å². The fraction of sp³-hybridized carbons (Fsp3) is 0.533. The molecule has 0 radical (unpaired) electrons. The van der Waals surface area contributed by atoms with Gasteiger partial charge >= 0.3 is 12.3 Å². The number of alkyl halides is 3. The van der Waals surface area contributed by atoms with Gasteiger partial charge < -0.3 is 15.2 Å². The normalized spacial score (nSPS) is 28.2. The van der Waals surface area contributed by atoms with E-state index in [1.54, 1.807) is 12.1 Å². The second-order valence-electron chi connectivity index (χ2n) is 11.7. The third kappa shape index (κ3) is 5.27. The van der Waals surface area contributed by atoms with Crippen LogP contribution in [-0.4, -0.2) is 23.3 Å². The summed E-state index contributed by atoms with van der Waals surface area (Å²) in [6.07, 6.45) is 0.175. The minimum Gasteiger partial charge on any atom is -0.481 e. The van der Waals surface area contributed by atoms with Gasteiger partial charge in [-0.15, -0.1) is 13.2 Å². The maximum atomic E-state index is 12.6. The lowest BCUT2D eigenvalue weighted by atomic mass is 9.65. The van der Waals surface area contributed by atoms with Gasteiger partial charge in [-0.05, 0) is 95.7 Å². The third-order valence-corrected chi connectivity index (χ3v) is 8.83. The minimum absolute atomic E-state index is 0.0584. The Kier molecular flexibility index (Phi) is 6.95. The van der Waals surface area contributed by atoms with E-state index in [-0.39, 0.29) is 17.6 Å². The average Bonchev–Trinajstić information content (AvgIpc) is 3.46. The van der Waals surface area contributed by atoms with Gasteiger partial charge in [-0.1, -0.05) is 39.3 Å². The highest BCUT2D eigenvalue weighted by Crippen LogP contribution is 2.77. The highest BCUT2D eigenvalue weighted by molar-refractivity contribution is 5.98. The Bertz CT molecular complexity index is 1220. The molecule has 1 spiro atoms. The number of rotatable bonds is 6. The summed E-state index contributed by atoms with van der Waals surface area (Å²) in [5.41, 5.74) is 3.90. The van der Waals surface area contributed by atoms with Crippen LogP contribution in [0.25, 0.3) is 0 Å². The maximum Gasteiger partial charge on any atom is 0.573 e. The standard InChI is InChI=1S/C30H35F3N2O3/c1-17(2)23-12-4-18(3)16-29(23)24-15-26(34-20-7-9-21(10-8-20)38-30(31,32)33)35-25-14-19(6-13-27(36)37)5-11-22(25)28(24)29/h5,7-11,14,17-18,23-24,28H,4,6,12-13,15-16H2,1-3H3,(H,34,35)(H,36,37)/t18-,23+,24?,28-,29+/m1/s1. The number of aryl methyl sites for hydroxylation is 1. The number of carboxylic acid groups (broad SMARTS) is 1. The van der Waals surface area contributed by atoms with Crippen LogP contribution in [0.2, 0.25) is 0 Å². The average molecular weight is 529 g/mol. The first-order valence-electron chi connectivity index (χ1n) is 13.5. The highest BCUT2D eigenvalue weighted by Gasteiger charge is 2.69. The molecule has 2 aromatic carbocycles. The molecular formula is C30H35F3N2O3. The Morgan fingerprint density at radius 2 is 1.92 bits per heavy atom. The molecule has 2 aliphatic carbocycles. The summed E-state index contributed by atoms with van der Waals surface area (Å²) >= 11 is 0. The molecule has 0 saturated heterocycles. The number of halogens is 3. The van der Waals surface area contributed by atoms with Gasteiger partial charge in [-0.2, -0.15) is 0 Å². The fourth-order valence-electron chi connectivity index (χ4n) is 7.42. The fourth-order valence-corrected chi connectivity index (χ4v) is 7.42. The number of carbonyl (C=O) groups is 1. The van der Waals surface area contributed by atoms with Gasteiger partial charge in [0, 0.05) is 18.5 Å². The van der Waals surface area contributed by atoms with Crippen molar-refractivity contribution in [3.05, 3.63) is 53.6 Å². The number of anilines is 1. The second-order valence-corrected chi connectivity index (χ2v) is 11.7. The van der Waals surface area contributed by atoms with E-state index in [9.17, 15) is 18.0 Å². The van der Waals surface area contributed by atoms with E-state index in [1.165, 1.54) is 37.0 Å². The number of aliphatic carboxylic acids is 1. The lowest BCUT2D eigenvalue weighted by molar-refractivity contribution is -0.274. The monoisotopic (exact) mass is 528 g/mol. The molecule has 38 heavy (non-hydrogen) atoms. The van der Waals surface area contributed by atoms with Crippen LogP contribution < -0.4 is 10.1 Å². The van der Waals surface area contributed by atoms with E-state index in [0.29, 0.717) is 41.7 Å². The van der Waals surface area contributed by atoms with Crippen LogP contribution in [0, 0.1) is 29.1 Å². The molecule has 3 aliphatic rings. The summed E-state index contributed by atoms with van der Waals surface area (Å²) in [5, 5.41) is 12.5. The molecule has 1 aliphatic heterocycles. The molecule has 0 aromatic heterocycles. The zero-order valence-electron chi connectivity index (χ0n) is 22.0. The molecule has 2 fully saturated rings. The van der Waals surface area contributed by atoms with Gasteiger partial charge in [0.05, 0.1) is 5.69 Å². The summed E-state index contributed by atoms with van der Waals surface area (Å²) in [6, 6.07) is 12.0. The van der Waals surface area contributed by atoms with Crippen molar-refractivity contribution in [2.45, 2.75) is 71.6 Å². The van der Waals surface area contributed by atoms with Crippen LogP contribution in [0.1, 0.15) is 69.9 Å². The summed E-state index contributed by atoms with van der Waals surface area (Å²) < 4.78 is 41.7. The number of carboxylic acids is 1. The quantitative estimate of drug-likeness (QED) is 0.399. The van der Waals surface area contributed by atoms with E-state index >= 15 is 0 Å². The molecule has 1 unspecified atom stereocenters. The lowest BCUT2D eigenvalue weighted by Gasteiger charge is -2.40. The molecular weight excluding hydrogens is 493 g/mol. The zero-order chi connectivity index (χ0) is 27.2. The van der Waals surface area contributed by atoms with Crippen LogP contribution in [0.3, 0.4) is 0 Å².